The Morgan fingerprint density at radius 3 is 2.57 bits per heavy atom. The van der Waals surface area contributed by atoms with Crippen LogP contribution in [0.4, 0.5) is 0 Å². The molecule has 0 fully saturated rings. The molecular formula is C8H19NO4S. The number of nitrogens with one attached hydrogen (secondary N) is 1. The van der Waals surface area contributed by atoms with Crippen LogP contribution in [0.15, 0.2) is 0 Å². The van der Waals surface area contributed by atoms with Crippen LogP contribution in [0.2, 0.25) is 0 Å². The van der Waals surface area contributed by atoms with E-state index in [0.717, 1.165) is 19.3 Å². The second-order valence-corrected chi connectivity index (χ2v) is 4.92. The molecule has 5 nitrogen and oxygen atoms in total. The van der Waals surface area contributed by atoms with E-state index in [0.29, 0.717) is 13.2 Å². The molecule has 0 aliphatic heterocycles. The summed E-state index contributed by atoms with van der Waals surface area (Å²) >= 11 is 0. The van der Waals surface area contributed by atoms with Crippen molar-refractivity contribution in [3.05, 3.63) is 0 Å². The van der Waals surface area contributed by atoms with Gasteiger partial charge in [-0.2, -0.15) is 0 Å². The Bertz CT molecular complexity index is 215. The van der Waals surface area contributed by atoms with E-state index < -0.39 is 10.0 Å². The molecule has 0 bridgehead atoms. The Balaban J connectivity index is 3.35. The molecule has 0 aliphatic carbocycles. The van der Waals surface area contributed by atoms with Gasteiger partial charge in [-0.15, -0.1) is 0 Å². The van der Waals surface area contributed by atoms with Crippen LogP contribution < -0.4 is 4.72 Å². The molecule has 0 atom stereocenters. The number of aliphatic hydroxyl groups excluding tert-OH is 1. The van der Waals surface area contributed by atoms with Gasteiger partial charge in [0.15, 0.2) is 0 Å². The second kappa shape index (κ2) is 8.16. The van der Waals surface area contributed by atoms with Gasteiger partial charge in [0.1, 0.15) is 0 Å². The van der Waals surface area contributed by atoms with Crippen LogP contribution in [0.1, 0.15) is 19.3 Å². The highest BCUT2D eigenvalue weighted by molar-refractivity contribution is 7.89. The SMILES string of the molecule is COCCCCCNS(=O)(=O)CCO. The van der Waals surface area contributed by atoms with Crippen molar-refractivity contribution in [2.75, 3.05) is 32.6 Å². The van der Waals surface area contributed by atoms with Gasteiger partial charge in [0.2, 0.25) is 10.0 Å². The third-order valence-corrected chi connectivity index (χ3v) is 3.07. The fraction of sp³-hybridized carbons (Fsp3) is 1.00. The number of hydrogen-bond donors (Lipinski definition) is 2. The molecule has 0 rings (SSSR count). The lowest BCUT2D eigenvalue weighted by Crippen LogP contribution is -2.28. The van der Waals surface area contributed by atoms with E-state index in [1.807, 2.05) is 0 Å². The van der Waals surface area contributed by atoms with Crippen molar-refractivity contribution in [2.24, 2.45) is 0 Å². The van der Waals surface area contributed by atoms with E-state index >= 15 is 0 Å². The van der Waals surface area contributed by atoms with Gasteiger partial charge in [-0.3, -0.25) is 0 Å². The van der Waals surface area contributed by atoms with E-state index in [1.165, 1.54) is 0 Å². The van der Waals surface area contributed by atoms with Gasteiger partial charge < -0.3 is 9.84 Å². The molecule has 0 aromatic heterocycles. The first kappa shape index (κ1) is 13.8. The van der Waals surface area contributed by atoms with Crippen LogP contribution in [-0.2, 0) is 14.8 Å². The van der Waals surface area contributed by atoms with Gasteiger partial charge in [0.25, 0.3) is 0 Å². The van der Waals surface area contributed by atoms with Crippen LogP contribution in [0.5, 0.6) is 0 Å². The minimum atomic E-state index is -3.26. The molecule has 0 saturated carbocycles. The van der Waals surface area contributed by atoms with Crippen molar-refractivity contribution in [3.8, 4) is 0 Å². The predicted octanol–water partition coefficient (Wildman–Crippen LogP) is -0.285. The highest BCUT2D eigenvalue weighted by Gasteiger charge is 2.06. The maximum atomic E-state index is 11.0. The lowest BCUT2D eigenvalue weighted by atomic mass is 10.2. The van der Waals surface area contributed by atoms with Crippen LogP contribution >= 0.6 is 0 Å². The summed E-state index contributed by atoms with van der Waals surface area (Å²) in [7, 11) is -1.61. The summed E-state index contributed by atoms with van der Waals surface area (Å²) in [5.41, 5.74) is 0. The average molecular weight is 225 g/mol. The number of rotatable bonds is 9. The van der Waals surface area contributed by atoms with E-state index in [4.69, 9.17) is 9.84 Å². The summed E-state index contributed by atoms with van der Waals surface area (Å²) in [6.45, 7) is 0.814. The minimum Gasteiger partial charge on any atom is -0.395 e. The fourth-order valence-corrected chi connectivity index (χ4v) is 1.81. The molecule has 14 heavy (non-hydrogen) atoms. The molecular weight excluding hydrogens is 206 g/mol. The average Bonchev–Trinajstić information content (AvgIpc) is 2.11. The summed E-state index contributed by atoms with van der Waals surface area (Å²) in [5, 5.41) is 8.44. The zero-order valence-electron chi connectivity index (χ0n) is 8.53. The number of aliphatic hydroxyl groups is 1. The summed E-state index contributed by atoms with van der Waals surface area (Å²) < 4.78 is 29.3. The zero-order chi connectivity index (χ0) is 10.9. The van der Waals surface area contributed by atoms with Crippen molar-refractivity contribution in [1.29, 1.82) is 0 Å². The predicted molar refractivity (Wildman–Crippen MR) is 54.6 cm³/mol. The molecule has 0 aliphatic rings. The topological polar surface area (TPSA) is 75.6 Å². The van der Waals surface area contributed by atoms with Crippen molar-refractivity contribution in [2.45, 2.75) is 19.3 Å². The number of sulfonamides is 1. The van der Waals surface area contributed by atoms with Crippen LogP contribution in [0, 0.1) is 0 Å². The zero-order valence-corrected chi connectivity index (χ0v) is 9.35. The van der Waals surface area contributed by atoms with Gasteiger partial charge in [0.05, 0.1) is 12.4 Å². The molecule has 0 saturated heterocycles. The molecule has 0 heterocycles. The number of methoxy groups -OCH3 is 1. The minimum absolute atomic E-state index is 0.217. The Morgan fingerprint density at radius 1 is 1.29 bits per heavy atom. The first-order chi connectivity index (χ1) is 6.62. The summed E-state index contributed by atoms with van der Waals surface area (Å²) in [6, 6.07) is 0. The molecule has 0 amide bonds. The third kappa shape index (κ3) is 8.43. The van der Waals surface area contributed by atoms with Crippen LogP contribution in [-0.4, -0.2) is 46.1 Å². The second-order valence-electron chi connectivity index (χ2n) is 2.99. The highest BCUT2D eigenvalue weighted by Crippen LogP contribution is 1.94. The van der Waals surface area contributed by atoms with Crippen molar-refractivity contribution < 1.29 is 18.3 Å². The van der Waals surface area contributed by atoms with Crippen molar-refractivity contribution in [1.82, 2.24) is 4.72 Å². The van der Waals surface area contributed by atoms with E-state index in [-0.39, 0.29) is 12.4 Å². The highest BCUT2D eigenvalue weighted by atomic mass is 32.2. The largest absolute Gasteiger partial charge is 0.395 e. The fourth-order valence-electron chi connectivity index (χ4n) is 0.968. The normalized spacial score (nSPS) is 11.9. The van der Waals surface area contributed by atoms with Gasteiger partial charge in [-0.25, -0.2) is 13.1 Å². The van der Waals surface area contributed by atoms with Crippen LogP contribution in [0.3, 0.4) is 0 Å². The number of ether oxygens (including phenoxy) is 1. The molecule has 0 unspecified atom stereocenters. The Kier molecular flexibility index (Phi) is 8.07. The number of hydrogen-bond acceptors (Lipinski definition) is 4. The quantitative estimate of drug-likeness (QED) is 0.529. The Labute approximate surface area is 85.5 Å². The maximum absolute atomic E-state index is 11.0. The van der Waals surface area contributed by atoms with E-state index in [9.17, 15) is 8.42 Å². The standard InChI is InChI=1S/C8H19NO4S/c1-13-7-4-2-3-5-9-14(11,12)8-6-10/h9-10H,2-8H2,1H3. The van der Waals surface area contributed by atoms with E-state index in [2.05, 4.69) is 4.72 Å². The molecule has 2 N–H and O–H groups in total. The first-order valence-electron chi connectivity index (χ1n) is 4.69. The summed E-state index contributed by atoms with van der Waals surface area (Å²) in [4.78, 5) is 0. The molecule has 6 heteroatoms. The molecule has 86 valence electrons. The molecule has 0 radical (unpaired) electrons. The van der Waals surface area contributed by atoms with Crippen molar-refractivity contribution in [3.63, 3.8) is 0 Å². The van der Waals surface area contributed by atoms with Gasteiger partial charge in [0, 0.05) is 20.3 Å². The van der Waals surface area contributed by atoms with Gasteiger partial charge in [-0.05, 0) is 19.3 Å². The monoisotopic (exact) mass is 225 g/mol. The third-order valence-electron chi connectivity index (χ3n) is 1.71. The summed E-state index contributed by atoms with van der Waals surface area (Å²) in [6.07, 6.45) is 2.68. The lowest BCUT2D eigenvalue weighted by molar-refractivity contribution is 0.192. The van der Waals surface area contributed by atoms with Gasteiger partial charge in [-0.1, -0.05) is 0 Å². The molecule has 0 aromatic carbocycles. The Morgan fingerprint density at radius 2 is 2.00 bits per heavy atom. The Hall–Kier alpha value is -0.170. The molecule has 0 aromatic rings. The van der Waals surface area contributed by atoms with Crippen LogP contribution in [0.25, 0.3) is 0 Å². The number of unbranched alkanes of at least 4 members (excludes halogenated alkanes) is 2. The van der Waals surface area contributed by atoms with Gasteiger partial charge >= 0.3 is 0 Å². The molecule has 0 spiro atoms. The maximum Gasteiger partial charge on any atom is 0.213 e. The van der Waals surface area contributed by atoms with E-state index in [1.54, 1.807) is 7.11 Å². The van der Waals surface area contributed by atoms with Crippen molar-refractivity contribution >= 4 is 10.0 Å². The lowest BCUT2D eigenvalue weighted by Gasteiger charge is -2.04. The first-order valence-corrected chi connectivity index (χ1v) is 6.35. The summed E-state index contributed by atoms with van der Waals surface area (Å²) in [5.74, 6) is -0.217. The smallest absolute Gasteiger partial charge is 0.213 e.